The number of imidazole rings is 1. The van der Waals surface area contributed by atoms with Crippen LogP contribution in [0.4, 0.5) is 15.0 Å². The van der Waals surface area contributed by atoms with Crippen molar-refractivity contribution in [3.63, 3.8) is 0 Å². The van der Waals surface area contributed by atoms with E-state index in [1.165, 1.54) is 24.8 Å². The molecule has 0 bridgehead atoms. The Labute approximate surface area is 198 Å². The van der Waals surface area contributed by atoms with Crippen molar-refractivity contribution in [2.24, 2.45) is 0 Å². The van der Waals surface area contributed by atoms with E-state index in [4.69, 9.17) is 19.3 Å². The Kier molecular flexibility index (Phi) is 6.28. The second-order valence-corrected chi connectivity index (χ2v) is 8.11. The number of carboxylic acid groups (broad SMARTS) is 1. The molecule has 35 heavy (non-hydrogen) atoms. The number of hydrogen-bond donors (Lipinski definition) is 3. The first-order valence-corrected chi connectivity index (χ1v) is 11.1. The van der Waals surface area contributed by atoms with Crippen molar-refractivity contribution in [2.45, 2.75) is 50.6 Å². The lowest BCUT2D eigenvalue weighted by Gasteiger charge is -2.21. The lowest BCUT2D eigenvalue weighted by molar-refractivity contribution is -0.151. The summed E-state index contributed by atoms with van der Waals surface area (Å²) in [6, 6.07) is 5.35. The molecule has 5 rings (SSSR count). The largest absolute Gasteiger partial charge is 0.481 e. The van der Waals surface area contributed by atoms with Crippen molar-refractivity contribution >= 4 is 29.0 Å². The first-order valence-electron chi connectivity index (χ1n) is 11.1. The standard InChI is InChI=1S/C22H23FN6O6/c1-2-24-22(32)28-18-15-19(26-9-25-18)29(10-27-15)20-17-16(13(33-20)7-8-14(30)31)34-21(35-17)11-3-5-12(23)6-4-11/h3-6,9-10,13,16-17,20-21H,2,7-8H2,1H3,(H,30,31)(H2,24,25,26,28,32). The monoisotopic (exact) mass is 486 g/mol. The number of nitrogens with zero attached hydrogens (tertiary/aromatic N) is 4. The first-order chi connectivity index (χ1) is 16.9. The number of urea groups is 1. The Morgan fingerprint density at radius 1 is 1.11 bits per heavy atom. The van der Waals surface area contributed by atoms with Gasteiger partial charge in [-0.1, -0.05) is 12.1 Å². The number of fused-ring (bicyclic) bond motifs is 2. The number of rotatable bonds is 7. The van der Waals surface area contributed by atoms with Gasteiger partial charge >= 0.3 is 12.0 Å². The van der Waals surface area contributed by atoms with E-state index in [1.54, 1.807) is 23.6 Å². The van der Waals surface area contributed by atoms with Gasteiger partial charge in [0.05, 0.1) is 12.4 Å². The summed E-state index contributed by atoms with van der Waals surface area (Å²) in [4.78, 5) is 35.9. The van der Waals surface area contributed by atoms with Crippen molar-refractivity contribution in [3.8, 4) is 0 Å². The Bertz CT molecular complexity index is 1240. The second kappa shape index (κ2) is 9.52. The summed E-state index contributed by atoms with van der Waals surface area (Å²) in [7, 11) is 0. The molecule has 2 aliphatic heterocycles. The normalized spacial score (nSPS) is 25.5. The zero-order chi connectivity index (χ0) is 24.5. The molecular formula is C22H23FN6O6. The summed E-state index contributed by atoms with van der Waals surface area (Å²) in [5.41, 5.74) is 1.37. The molecule has 2 aromatic heterocycles. The van der Waals surface area contributed by atoms with Crippen molar-refractivity contribution in [1.82, 2.24) is 24.8 Å². The quantitative estimate of drug-likeness (QED) is 0.457. The van der Waals surface area contributed by atoms with Crippen molar-refractivity contribution in [2.75, 3.05) is 11.9 Å². The van der Waals surface area contributed by atoms with Crippen LogP contribution in [-0.2, 0) is 19.0 Å². The zero-order valence-corrected chi connectivity index (χ0v) is 18.6. The maximum absolute atomic E-state index is 13.4. The van der Waals surface area contributed by atoms with E-state index in [1.807, 2.05) is 0 Å². The van der Waals surface area contributed by atoms with E-state index >= 15 is 0 Å². The molecule has 0 saturated carbocycles. The highest BCUT2D eigenvalue weighted by Gasteiger charge is 2.53. The Morgan fingerprint density at radius 3 is 2.63 bits per heavy atom. The van der Waals surface area contributed by atoms with Gasteiger partial charge in [0, 0.05) is 18.5 Å². The number of anilines is 1. The van der Waals surface area contributed by atoms with E-state index in [2.05, 4.69) is 25.6 Å². The molecule has 3 aromatic rings. The summed E-state index contributed by atoms with van der Waals surface area (Å²) in [6.45, 7) is 2.24. The molecule has 2 amide bonds. The number of hydrogen-bond acceptors (Lipinski definition) is 8. The third-order valence-electron chi connectivity index (χ3n) is 5.83. The third-order valence-corrected chi connectivity index (χ3v) is 5.83. The maximum Gasteiger partial charge on any atom is 0.320 e. The number of aromatic nitrogens is 4. The van der Waals surface area contributed by atoms with Crippen LogP contribution in [0.15, 0.2) is 36.9 Å². The van der Waals surface area contributed by atoms with Gasteiger partial charge in [-0.25, -0.2) is 24.1 Å². The number of aliphatic carboxylic acids is 1. The van der Waals surface area contributed by atoms with Gasteiger partial charge < -0.3 is 24.6 Å². The number of halogens is 1. The molecule has 5 unspecified atom stereocenters. The number of nitrogens with one attached hydrogen (secondary N) is 2. The number of ether oxygens (including phenoxy) is 3. The average Bonchev–Trinajstić information content (AvgIpc) is 3.53. The van der Waals surface area contributed by atoms with Crippen molar-refractivity contribution < 1.29 is 33.3 Å². The van der Waals surface area contributed by atoms with E-state index < -0.39 is 42.8 Å². The molecule has 3 N–H and O–H groups in total. The number of carbonyl (C=O) groups excluding carboxylic acids is 1. The van der Waals surface area contributed by atoms with Gasteiger partial charge in [-0.3, -0.25) is 14.7 Å². The molecule has 2 saturated heterocycles. The van der Waals surface area contributed by atoms with Gasteiger partial charge in [0.1, 0.15) is 24.4 Å². The van der Waals surface area contributed by atoms with Gasteiger partial charge in [0.15, 0.2) is 29.5 Å². The number of benzene rings is 1. The second-order valence-electron chi connectivity index (χ2n) is 8.11. The van der Waals surface area contributed by atoms with Crippen LogP contribution in [0.1, 0.15) is 37.8 Å². The smallest absolute Gasteiger partial charge is 0.320 e. The minimum Gasteiger partial charge on any atom is -0.481 e. The average molecular weight is 486 g/mol. The maximum atomic E-state index is 13.4. The lowest BCUT2D eigenvalue weighted by Crippen LogP contribution is -2.29. The zero-order valence-electron chi connectivity index (χ0n) is 18.6. The molecular weight excluding hydrogens is 463 g/mol. The Balaban J connectivity index is 1.45. The van der Waals surface area contributed by atoms with Gasteiger partial charge in [0.25, 0.3) is 0 Å². The van der Waals surface area contributed by atoms with Gasteiger partial charge in [0.2, 0.25) is 0 Å². The highest BCUT2D eigenvalue weighted by atomic mass is 19.1. The molecule has 0 aliphatic carbocycles. The van der Waals surface area contributed by atoms with Crippen LogP contribution in [-0.4, -0.2) is 61.5 Å². The molecule has 2 aliphatic rings. The van der Waals surface area contributed by atoms with E-state index in [-0.39, 0.29) is 24.5 Å². The fraction of sp³-hybridized carbons (Fsp3) is 0.409. The molecule has 2 fully saturated rings. The summed E-state index contributed by atoms with van der Waals surface area (Å²) >= 11 is 0. The molecule has 1 aromatic carbocycles. The summed E-state index contributed by atoms with van der Waals surface area (Å²) in [5, 5.41) is 14.4. The summed E-state index contributed by atoms with van der Waals surface area (Å²) < 4.78 is 33.5. The minimum atomic E-state index is -0.954. The van der Waals surface area contributed by atoms with Crippen LogP contribution >= 0.6 is 0 Å². The minimum absolute atomic E-state index is 0.112. The molecule has 4 heterocycles. The predicted octanol–water partition coefficient (Wildman–Crippen LogP) is 2.35. The fourth-order valence-corrected chi connectivity index (χ4v) is 4.28. The van der Waals surface area contributed by atoms with Crippen LogP contribution < -0.4 is 10.6 Å². The lowest BCUT2D eigenvalue weighted by atomic mass is 10.1. The molecule has 0 spiro atoms. The molecule has 12 nitrogen and oxygen atoms in total. The van der Waals surface area contributed by atoms with Gasteiger partial charge in [-0.05, 0) is 25.5 Å². The van der Waals surface area contributed by atoms with Crippen LogP contribution in [0.2, 0.25) is 0 Å². The highest BCUT2D eigenvalue weighted by molar-refractivity contribution is 5.95. The molecule has 13 heteroatoms. The van der Waals surface area contributed by atoms with Crippen molar-refractivity contribution in [3.05, 3.63) is 48.3 Å². The van der Waals surface area contributed by atoms with E-state index in [9.17, 15) is 14.0 Å². The van der Waals surface area contributed by atoms with Crippen LogP contribution in [0.5, 0.6) is 0 Å². The molecule has 184 valence electrons. The fourth-order valence-electron chi connectivity index (χ4n) is 4.28. The predicted molar refractivity (Wildman–Crippen MR) is 118 cm³/mol. The van der Waals surface area contributed by atoms with Crippen LogP contribution in [0.25, 0.3) is 11.2 Å². The molecule has 5 atom stereocenters. The number of carbonyl (C=O) groups is 2. The topological polar surface area (TPSA) is 150 Å². The SMILES string of the molecule is CCNC(=O)Nc1ncnc2c1ncn2C1OC(CCC(=O)O)C2OC(c3ccc(F)cc3)OC21. The number of amides is 2. The van der Waals surface area contributed by atoms with Crippen LogP contribution in [0.3, 0.4) is 0 Å². The summed E-state index contributed by atoms with van der Waals surface area (Å²) in [5.74, 6) is -1.11. The third kappa shape index (κ3) is 4.52. The number of carboxylic acids is 1. The van der Waals surface area contributed by atoms with E-state index in [0.717, 1.165) is 0 Å². The highest BCUT2D eigenvalue weighted by Crippen LogP contribution is 2.45. The first kappa shape index (κ1) is 23.1. The van der Waals surface area contributed by atoms with Gasteiger partial charge in [-0.2, -0.15) is 0 Å². The Morgan fingerprint density at radius 2 is 1.89 bits per heavy atom. The van der Waals surface area contributed by atoms with Crippen LogP contribution in [0, 0.1) is 5.82 Å². The van der Waals surface area contributed by atoms with Gasteiger partial charge in [-0.15, -0.1) is 0 Å². The van der Waals surface area contributed by atoms with Crippen molar-refractivity contribution in [1.29, 1.82) is 0 Å². The van der Waals surface area contributed by atoms with E-state index in [0.29, 0.717) is 23.3 Å². The summed E-state index contributed by atoms with van der Waals surface area (Å²) in [6.07, 6.45) is -0.375. The molecule has 0 radical (unpaired) electrons. The Hall–Kier alpha value is -3.68.